The molecule has 2 amide bonds. The van der Waals surface area contributed by atoms with E-state index in [0.717, 1.165) is 23.0 Å². The van der Waals surface area contributed by atoms with Gasteiger partial charge < -0.3 is 10.6 Å². The van der Waals surface area contributed by atoms with Gasteiger partial charge in [-0.15, -0.1) is 0 Å². The molecule has 0 bridgehead atoms. The molecule has 0 saturated heterocycles. The number of anilines is 1. The summed E-state index contributed by atoms with van der Waals surface area (Å²) in [5, 5.41) is 5.62. The number of aromatic nitrogens is 2. The van der Waals surface area contributed by atoms with E-state index in [9.17, 15) is 19.2 Å². The van der Waals surface area contributed by atoms with Crippen LogP contribution in [0.15, 0.2) is 39.9 Å². The van der Waals surface area contributed by atoms with Crippen LogP contribution in [0.4, 0.5) is 5.82 Å². The summed E-state index contributed by atoms with van der Waals surface area (Å²) >= 11 is 0. The second-order valence-electron chi connectivity index (χ2n) is 8.53. The van der Waals surface area contributed by atoms with Crippen molar-refractivity contribution in [2.45, 2.75) is 51.0 Å². The van der Waals surface area contributed by atoms with Crippen LogP contribution in [0.3, 0.4) is 0 Å². The van der Waals surface area contributed by atoms with Crippen LogP contribution in [0, 0.1) is 5.92 Å². The lowest BCUT2D eigenvalue weighted by molar-refractivity contribution is -0.125. The standard InChI is InChI=1S/C23H28N4O4/c1-26-22(30)19-17(12-18(28)24-13-15-8-4-2-5-9-15)21(29)25-20(19)27(23(26)31)14-16-10-6-3-7-11-16/h3,6-7,10-11,15,17H,2,4-5,8-9,12-14H2,1H3,(H,24,28)(H,25,29). The van der Waals surface area contributed by atoms with E-state index in [1.54, 1.807) is 0 Å². The van der Waals surface area contributed by atoms with Crippen LogP contribution in [-0.4, -0.2) is 27.5 Å². The minimum absolute atomic E-state index is 0.107. The second-order valence-corrected chi connectivity index (χ2v) is 8.53. The molecule has 31 heavy (non-hydrogen) atoms. The molecule has 4 rings (SSSR count). The zero-order chi connectivity index (χ0) is 22.0. The molecule has 1 saturated carbocycles. The largest absolute Gasteiger partial charge is 0.356 e. The van der Waals surface area contributed by atoms with Gasteiger partial charge in [0.1, 0.15) is 5.82 Å². The number of hydrogen-bond donors (Lipinski definition) is 2. The topological polar surface area (TPSA) is 102 Å². The highest BCUT2D eigenvalue weighted by Crippen LogP contribution is 2.31. The Morgan fingerprint density at radius 3 is 2.52 bits per heavy atom. The Balaban J connectivity index is 1.57. The average molecular weight is 425 g/mol. The van der Waals surface area contributed by atoms with Crippen molar-refractivity contribution in [2.75, 3.05) is 11.9 Å². The highest BCUT2D eigenvalue weighted by Gasteiger charge is 2.38. The lowest BCUT2D eigenvalue weighted by Gasteiger charge is -2.22. The van der Waals surface area contributed by atoms with Crippen molar-refractivity contribution in [3.05, 3.63) is 62.3 Å². The van der Waals surface area contributed by atoms with Gasteiger partial charge in [-0.1, -0.05) is 49.6 Å². The highest BCUT2D eigenvalue weighted by molar-refractivity contribution is 6.04. The normalized spacial score (nSPS) is 18.5. The van der Waals surface area contributed by atoms with Crippen molar-refractivity contribution >= 4 is 17.6 Å². The van der Waals surface area contributed by atoms with E-state index in [4.69, 9.17) is 0 Å². The summed E-state index contributed by atoms with van der Waals surface area (Å²) < 4.78 is 2.40. The van der Waals surface area contributed by atoms with Crippen molar-refractivity contribution in [1.82, 2.24) is 14.5 Å². The van der Waals surface area contributed by atoms with Crippen molar-refractivity contribution < 1.29 is 9.59 Å². The number of benzene rings is 1. The van der Waals surface area contributed by atoms with Crippen molar-refractivity contribution in [1.29, 1.82) is 0 Å². The third-order valence-electron chi connectivity index (χ3n) is 6.37. The molecule has 2 heterocycles. The molecule has 1 aromatic heterocycles. The van der Waals surface area contributed by atoms with Gasteiger partial charge in [-0.3, -0.25) is 23.5 Å². The van der Waals surface area contributed by atoms with E-state index in [-0.39, 0.29) is 30.3 Å². The molecule has 1 aliphatic carbocycles. The maximum Gasteiger partial charge on any atom is 0.332 e. The lowest BCUT2D eigenvalue weighted by Crippen LogP contribution is -2.40. The van der Waals surface area contributed by atoms with E-state index in [2.05, 4.69) is 10.6 Å². The van der Waals surface area contributed by atoms with Gasteiger partial charge in [0.05, 0.1) is 18.0 Å². The molecular weight excluding hydrogens is 396 g/mol. The fourth-order valence-corrected chi connectivity index (χ4v) is 4.59. The maximum atomic E-state index is 12.9. The van der Waals surface area contributed by atoms with Crippen molar-refractivity contribution in [3.63, 3.8) is 0 Å². The van der Waals surface area contributed by atoms with E-state index in [1.165, 1.54) is 30.9 Å². The number of hydrogen-bond acceptors (Lipinski definition) is 4. The van der Waals surface area contributed by atoms with Gasteiger partial charge in [0, 0.05) is 20.0 Å². The smallest absolute Gasteiger partial charge is 0.332 e. The summed E-state index contributed by atoms with van der Waals surface area (Å²) in [5.74, 6) is -0.894. The van der Waals surface area contributed by atoms with E-state index in [1.807, 2.05) is 30.3 Å². The summed E-state index contributed by atoms with van der Waals surface area (Å²) in [4.78, 5) is 50.9. The number of rotatable bonds is 6. The van der Waals surface area contributed by atoms with Crippen LogP contribution in [-0.2, 0) is 23.2 Å². The molecular formula is C23H28N4O4. The fraction of sp³-hybridized carbons (Fsp3) is 0.478. The first-order valence-electron chi connectivity index (χ1n) is 10.9. The molecule has 2 aliphatic rings. The number of amides is 2. The molecule has 0 spiro atoms. The summed E-state index contributed by atoms with van der Waals surface area (Å²) in [6.07, 6.45) is 5.74. The molecule has 2 aromatic rings. The Labute approximate surface area is 180 Å². The molecule has 0 radical (unpaired) electrons. The second kappa shape index (κ2) is 8.91. The van der Waals surface area contributed by atoms with Gasteiger partial charge in [0.15, 0.2) is 0 Å². The lowest BCUT2D eigenvalue weighted by atomic mass is 9.89. The van der Waals surface area contributed by atoms with Crippen LogP contribution < -0.4 is 21.9 Å². The first-order chi connectivity index (χ1) is 15.0. The van der Waals surface area contributed by atoms with Crippen molar-refractivity contribution in [3.8, 4) is 0 Å². The molecule has 8 heteroatoms. The number of fused-ring (bicyclic) bond motifs is 1. The number of carbonyl (C=O) groups excluding carboxylic acids is 2. The zero-order valence-corrected chi connectivity index (χ0v) is 17.7. The highest BCUT2D eigenvalue weighted by atomic mass is 16.2. The quantitative estimate of drug-likeness (QED) is 0.737. The van der Waals surface area contributed by atoms with E-state index in [0.29, 0.717) is 12.5 Å². The fourth-order valence-electron chi connectivity index (χ4n) is 4.59. The van der Waals surface area contributed by atoms with Gasteiger partial charge in [-0.05, 0) is 24.3 Å². The Kier molecular flexibility index (Phi) is 6.06. The van der Waals surface area contributed by atoms with Gasteiger partial charge in [-0.25, -0.2) is 4.79 Å². The summed E-state index contributed by atoms with van der Waals surface area (Å²) in [7, 11) is 1.40. The first kappa shape index (κ1) is 21.1. The molecule has 1 aliphatic heterocycles. The molecule has 164 valence electrons. The number of nitrogens with zero attached hydrogens (tertiary/aromatic N) is 2. The van der Waals surface area contributed by atoms with Gasteiger partial charge >= 0.3 is 5.69 Å². The Morgan fingerprint density at radius 1 is 1.10 bits per heavy atom. The number of carbonyl (C=O) groups is 2. The van der Waals surface area contributed by atoms with Crippen molar-refractivity contribution in [2.24, 2.45) is 13.0 Å². The van der Waals surface area contributed by atoms with Crippen LogP contribution in [0.1, 0.15) is 55.6 Å². The third kappa shape index (κ3) is 4.33. The SMILES string of the molecule is Cn1c(=O)c2c(n(Cc3ccccc3)c1=O)NC(=O)C2CC(=O)NCC1CCCCC1. The Bertz CT molecular complexity index is 1100. The molecule has 1 unspecified atom stereocenters. The van der Waals surface area contributed by atoms with Gasteiger partial charge in [0.25, 0.3) is 5.56 Å². The van der Waals surface area contributed by atoms with Gasteiger partial charge in [-0.2, -0.15) is 0 Å². The zero-order valence-electron chi connectivity index (χ0n) is 17.7. The summed E-state index contributed by atoms with van der Waals surface area (Å²) in [5.41, 5.74) is 0.0206. The van der Waals surface area contributed by atoms with Crippen LogP contribution >= 0.6 is 0 Å². The summed E-state index contributed by atoms with van der Waals surface area (Å²) in [6, 6.07) is 9.34. The molecule has 2 N–H and O–H groups in total. The van der Waals surface area contributed by atoms with Crippen LogP contribution in [0.2, 0.25) is 0 Å². The van der Waals surface area contributed by atoms with E-state index < -0.39 is 23.1 Å². The van der Waals surface area contributed by atoms with Gasteiger partial charge in [0.2, 0.25) is 11.8 Å². The molecule has 1 fully saturated rings. The Morgan fingerprint density at radius 2 is 1.81 bits per heavy atom. The monoisotopic (exact) mass is 424 g/mol. The van der Waals surface area contributed by atoms with Crippen LogP contribution in [0.25, 0.3) is 0 Å². The van der Waals surface area contributed by atoms with Crippen LogP contribution in [0.5, 0.6) is 0 Å². The Hall–Kier alpha value is -3.16. The maximum absolute atomic E-state index is 12.9. The van der Waals surface area contributed by atoms with E-state index >= 15 is 0 Å². The molecule has 8 nitrogen and oxygen atoms in total. The minimum atomic E-state index is -0.900. The third-order valence-corrected chi connectivity index (χ3v) is 6.37. The summed E-state index contributed by atoms with van der Waals surface area (Å²) in [6.45, 7) is 0.822. The first-order valence-corrected chi connectivity index (χ1v) is 10.9. The predicted molar refractivity (Wildman–Crippen MR) is 117 cm³/mol. The number of nitrogens with one attached hydrogen (secondary N) is 2. The average Bonchev–Trinajstić information content (AvgIpc) is 3.11. The predicted octanol–water partition coefficient (Wildman–Crippen LogP) is 1.72. The molecule has 1 aromatic carbocycles. The minimum Gasteiger partial charge on any atom is -0.356 e. The molecule has 1 atom stereocenters.